The molecule has 112 valence electrons. The highest BCUT2D eigenvalue weighted by Crippen LogP contribution is 2.33. The molecule has 20 heavy (non-hydrogen) atoms. The number of nitrogens with zero attached hydrogens (tertiary/aromatic N) is 1. The van der Waals surface area contributed by atoms with Crippen LogP contribution < -0.4 is 0 Å². The molecular weight excluding hydrogens is 264 g/mol. The fourth-order valence-corrected chi connectivity index (χ4v) is 3.13. The lowest BCUT2D eigenvalue weighted by Crippen LogP contribution is -2.40. The third-order valence-electron chi connectivity index (χ3n) is 4.54. The van der Waals surface area contributed by atoms with Gasteiger partial charge in [-0.2, -0.15) is 5.26 Å². The summed E-state index contributed by atoms with van der Waals surface area (Å²) in [6.45, 7) is 2.16. The van der Waals surface area contributed by atoms with Gasteiger partial charge in [-0.25, -0.2) is 8.78 Å². The topological polar surface area (TPSA) is 50.1 Å². The molecule has 0 heterocycles. The number of esters is 1. The summed E-state index contributed by atoms with van der Waals surface area (Å²) in [7, 11) is 0. The predicted octanol–water partition coefficient (Wildman–Crippen LogP) is 3.33. The van der Waals surface area contributed by atoms with Gasteiger partial charge in [-0.1, -0.05) is 6.92 Å². The monoisotopic (exact) mass is 285 g/mol. The summed E-state index contributed by atoms with van der Waals surface area (Å²) in [6.07, 6.45) is -0.355. The summed E-state index contributed by atoms with van der Waals surface area (Å²) in [6, 6.07) is 1.66. The lowest BCUT2D eigenvalue weighted by molar-refractivity contribution is -0.159. The number of carbonyl (C=O) groups is 1. The van der Waals surface area contributed by atoms with E-state index in [9.17, 15) is 13.6 Å². The largest absolute Gasteiger partial charge is 0.462 e. The van der Waals surface area contributed by atoms with E-state index in [1.807, 2.05) is 0 Å². The maximum Gasteiger partial charge on any atom is 0.309 e. The van der Waals surface area contributed by atoms with E-state index in [4.69, 9.17) is 10.00 Å². The van der Waals surface area contributed by atoms with Crippen LogP contribution in [0, 0.1) is 29.1 Å². The van der Waals surface area contributed by atoms with Gasteiger partial charge in [0.25, 0.3) is 0 Å². The van der Waals surface area contributed by atoms with Crippen molar-refractivity contribution in [2.45, 2.75) is 63.9 Å². The third-order valence-corrected chi connectivity index (χ3v) is 4.54. The van der Waals surface area contributed by atoms with E-state index in [-0.39, 0.29) is 24.7 Å². The molecule has 0 radical (unpaired) electrons. The van der Waals surface area contributed by atoms with Gasteiger partial charge in [0.1, 0.15) is 24.4 Å². The lowest BCUT2D eigenvalue weighted by atomic mass is 9.82. The lowest BCUT2D eigenvalue weighted by Gasteiger charge is -2.32. The molecule has 2 aliphatic rings. The molecule has 2 rings (SSSR count). The molecule has 0 aromatic carbocycles. The van der Waals surface area contributed by atoms with Crippen molar-refractivity contribution in [3.63, 3.8) is 0 Å². The number of carbonyl (C=O) groups excluding carboxylic acids is 1. The Morgan fingerprint density at radius 2 is 1.70 bits per heavy atom. The van der Waals surface area contributed by atoms with Crippen LogP contribution in [0.15, 0.2) is 0 Å². The molecule has 0 spiro atoms. The zero-order valence-corrected chi connectivity index (χ0v) is 11.7. The Morgan fingerprint density at radius 3 is 2.20 bits per heavy atom. The molecule has 0 saturated heterocycles. The van der Waals surface area contributed by atoms with Crippen LogP contribution in [0.2, 0.25) is 0 Å². The van der Waals surface area contributed by atoms with Crippen LogP contribution in [0.4, 0.5) is 8.78 Å². The van der Waals surface area contributed by atoms with Gasteiger partial charge in [0.15, 0.2) is 0 Å². The second-order valence-electron chi connectivity index (χ2n) is 6.17. The summed E-state index contributed by atoms with van der Waals surface area (Å²) in [4.78, 5) is 12.0. The van der Waals surface area contributed by atoms with Crippen molar-refractivity contribution < 1.29 is 18.3 Å². The van der Waals surface area contributed by atoms with Crippen molar-refractivity contribution >= 4 is 5.97 Å². The zero-order valence-electron chi connectivity index (χ0n) is 11.7. The molecule has 0 aliphatic heterocycles. The van der Waals surface area contributed by atoms with Crippen molar-refractivity contribution in [2.75, 3.05) is 0 Å². The molecule has 0 aromatic heterocycles. The average Bonchev–Trinajstić information content (AvgIpc) is 2.39. The van der Waals surface area contributed by atoms with Gasteiger partial charge >= 0.3 is 5.97 Å². The van der Waals surface area contributed by atoms with E-state index >= 15 is 0 Å². The van der Waals surface area contributed by atoms with E-state index in [2.05, 4.69) is 6.92 Å². The Kier molecular flexibility index (Phi) is 4.95. The predicted molar refractivity (Wildman–Crippen MR) is 69.1 cm³/mol. The minimum Gasteiger partial charge on any atom is -0.462 e. The van der Waals surface area contributed by atoms with Gasteiger partial charge in [0.05, 0.1) is 12.0 Å². The minimum atomic E-state index is -1.55. The third kappa shape index (κ3) is 3.47. The van der Waals surface area contributed by atoms with Gasteiger partial charge < -0.3 is 4.74 Å². The SMILES string of the molecule is CC1CCC(C(=O)OC2CC(F)C(C#N)C(F)C2)CC1. The summed E-state index contributed by atoms with van der Waals surface area (Å²) in [5.41, 5.74) is 0. The smallest absolute Gasteiger partial charge is 0.309 e. The standard InChI is InChI=1S/C15H21F2NO2/c1-9-2-4-10(5-3-9)15(19)20-11-6-13(16)12(8-18)14(17)7-11/h9-14H,2-7H2,1H3. The Labute approximate surface area is 118 Å². The van der Waals surface area contributed by atoms with Gasteiger partial charge in [0.2, 0.25) is 0 Å². The van der Waals surface area contributed by atoms with Crippen molar-refractivity contribution in [3.8, 4) is 6.07 Å². The van der Waals surface area contributed by atoms with Crippen LogP contribution in [0.1, 0.15) is 45.4 Å². The molecule has 2 unspecified atom stereocenters. The minimum absolute atomic E-state index is 0.0620. The molecular formula is C15H21F2NO2. The van der Waals surface area contributed by atoms with Crippen LogP contribution in [-0.4, -0.2) is 24.4 Å². The first kappa shape index (κ1) is 15.2. The fourth-order valence-electron chi connectivity index (χ4n) is 3.13. The van der Waals surface area contributed by atoms with Crippen molar-refractivity contribution in [1.29, 1.82) is 5.26 Å². The van der Waals surface area contributed by atoms with Crippen LogP contribution in [0.25, 0.3) is 0 Å². The highest BCUT2D eigenvalue weighted by molar-refractivity contribution is 5.72. The number of ether oxygens (including phenoxy) is 1. The summed E-state index contributed by atoms with van der Waals surface area (Å²) in [5, 5.41) is 8.69. The van der Waals surface area contributed by atoms with E-state index in [1.54, 1.807) is 6.07 Å². The number of alkyl halides is 2. The number of hydrogen-bond acceptors (Lipinski definition) is 3. The van der Waals surface area contributed by atoms with E-state index in [0.717, 1.165) is 25.7 Å². The highest BCUT2D eigenvalue weighted by Gasteiger charge is 2.41. The molecule has 0 amide bonds. The molecule has 0 aromatic rings. The van der Waals surface area contributed by atoms with Crippen LogP contribution in [0.5, 0.6) is 0 Å². The normalized spacial score (nSPS) is 41.7. The van der Waals surface area contributed by atoms with Crippen molar-refractivity contribution in [1.82, 2.24) is 0 Å². The summed E-state index contributed by atoms with van der Waals surface area (Å²) < 4.78 is 32.5. The highest BCUT2D eigenvalue weighted by atomic mass is 19.1. The van der Waals surface area contributed by atoms with E-state index in [0.29, 0.717) is 5.92 Å². The van der Waals surface area contributed by atoms with Crippen LogP contribution in [-0.2, 0) is 9.53 Å². The maximum atomic E-state index is 13.6. The fraction of sp³-hybridized carbons (Fsp3) is 0.867. The second kappa shape index (κ2) is 6.51. The van der Waals surface area contributed by atoms with Crippen LogP contribution >= 0.6 is 0 Å². The Hall–Kier alpha value is -1.18. The van der Waals surface area contributed by atoms with Gasteiger partial charge in [-0.05, 0) is 31.6 Å². The maximum absolute atomic E-state index is 13.6. The first-order valence-corrected chi connectivity index (χ1v) is 7.39. The molecule has 2 fully saturated rings. The molecule has 5 heteroatoms. The number of halogens is 2. The van der Waals surface area contributed by atoms with Gasteiger partial charge in [-0.3, -0.25) is 4.79 Å². The number of nitriles is 1. The molecule has 0 bridgehead atoms. The molecule has 2 atom stereocenters. The van der Waals surface area contributed by atoms with Crippen LogP contribution in [0.3, 0.4) is 0 Å². The first-order valence-electron chi connectivity index (χ1n) is 7.39. The zero-order chi connectivity index (χ0) is 14.7. The van der Waals surface area contributed by atoms with E-state index < -0.39 is 24.4 Å². The number of rotatable bonds is 2. The number of hydrogen-bond donors (Lipinski definition) is 0. The molecule has 2 saturated carbocycles. The first-order chi connectivity index (χ1) is 9.51. The van der Waals surface area contributed by atoms with Crippen molar-refractivity contribution in [3.05, 3.63) is 0 Å². The Bertz CT molecular complexity index is 376. The van der Waals surface area contributed by atoms with E-state index in [1.165, 1.54) is 0 Å². The molecule has 2 aliphatic carbocycles. The quantitative estimate of drug-likeness (QED) is 0.731. The van der Waals surface area contributed by atoms with Gasteiger partial charge in [0, 0.05) is 12.8 Å². The Morgan fingerprint density at radius 1 is 1.15 bits per heavy atom. The summed E-state index contributed by atoms with van der Waals surface area (Å²) in [5.74, 6) is -1.04. The van der Waals surface area contributed by atoms with Gasteiger partial charge in [-0.15, -0.1) is 0 Å². The summed E-state index contributed by atoms with van der Waals surface area (Å²) >= 11 is 0. The van der Waals surface area contributed by atoms with Crippen molar-refractivity contribution in [2.24, 2.45) is 17.8 Å². The average molecular weight is 285 g/mol. The molecule has 0 N–H and O–H groups in total. The Balaban J connectivity index is 1.85. The molecule has 3 nitrogen and oxygen atoms in total. The second-order valence-corrected chi connectivity index (χ2v) is 6.17.